The molecule has 5 heteroatoms. The van der Waals surface area contributed by atoms with Crippen molar-refractivity contribution in [3.05, 3.63) is 46.0 Å². The highest BCUT2D eigenvalue weighted by molar-refractivity contribution is 7.10. The number of hydrogen-bond donors (Lipinski definition) is 1. The van der Waals surface area contributed by atoms with Crippen molar-refractivity contribution in [2.75, 3.05) is 5.32 Å². The maximum Gasteiger partial charge on any atom is 0.257 e. The van der Waals surface area contributed by atoms with E-state index >= 15 is 0 Å². The van der Waals surface area contributed by atoms with Crippen molar-refractivity contribution in [2.24, 2.45) is 0 Å². The van der Waals surface area contributed by atoms with Gasteiger partial charge >= 0.3 is 0 Å². The Morgan fingerprint density at radius 2 is 2.33 bits per heavy atom. The van der Waals surface area contributed by atoms with Gasteiger partial charge in [-0.2, -0.15) is 0 Å². The summed E-state index contributed by atoms with van der Waals surface area (Å²) in [5, 5.41) is 4.45. The van der Waals surface area contributed by atoms with Gasteiger partial charge in [0.25, 0.3) is 5.91 Å². The van der Waals surface area contributed by atoms with Crippen molar-refractivity contribution < 1.29 is 9.18 Å². The van der Waals surface area contributed by atoms with E-state index in [9.17, 15) is 9.18 Å². The second-order valence-electron chi connectivity index (χ2n) is 3.87. The fourth-order valence-electron chi connectivity index (χ4n) is 1.52. The van der Waals surface area contributed by atoms with E-state index in [-0.39, 0.29) is 5.91 Å². The number of hydrogen-bond acceptors (Lipinski definition) is 3. The Labute approximate surface area is 109 Å². The molecule has 0 spiro atoms. The maximum absolute atomic E-state index is 12.7. The maximum atomic E-state index is 12.7. The van der Waals surface area contributed by atoms with E-state index < -0.39 is 5.82 Å². The zero-order valence-electron chi connectivity index (χ0n) is 9.94. The van der Waals surface area contributed by atoms with Crippen molar-refractivity contribution in [3.63, 3.8) is 0 Å². The number of carbonyl (C=O) groups is 1. The van der Waals surface area contributed by atoms with Crippen LogP contribution in [0.3, 0.4) is 0 Å². The molecule has 0 fully saturated rings. The van der Waals surface area contributed by atoms with Crippen molar-refractivity contribution in [1.29, 1.82) is 0 Å². The van der Waals surface area contributed by atoms with Crippen LogP contribution in [0.4, 0.5) is 10.2 Å². The molecule has 2 heterocycles. The van der Waals surface area contributed by atoms with Crippen LogP contribution in [0.1, 0.15) is 28.6 Å². The molecule has 0 radical (unpaired) electrons. The molecule has 0 saturated carbocycles. The molecule has 1 N–H and O–H groups in total. The Kier molecular flexibility index (Phi) is 4.04. The quantitative estimate of drug-likeness (QED) is 0.918. The highest BCUT2D eigenvalue weighted by Crippen LogP contribution is 2.17. The minimum atomic E-state index is -0.422. The average molecular weight is 264 g/mol. The predicted molar refractivity (Wildman–Crippen MR) is 70.5 cm³/mol. The molecular weight excluding hydrogens is 251 g/mol. The van der Waals surface area contributed by atoms with E-state index in [2.05, 4.69) is 17.2 Å². The predicted octanol–water partition coefficient (Wildman–Crippen LogP) is 3.49. The average Bonchev–Trinajstić information content (AvgIpc) is 2.81. The third kappa shape index (κ3) is 3.13. The first-order valence-corrected chi connectivity index (χ1v) is 6.57. The van der Waals surface area contributed by atoms with Gasteiger partial charge in [0.2, 0.25) is 0 Å². The summed E-state index contributed by atoms with van der Waals surface area (Å²) < 4.78 is 12.7. The molecule has 0 aliphatic rings. The second kappa shape index (κ2) is 5.73. The number of nitrogens with zero attached hydrogens (tertiary/aromatic N) is 1. The highest BCUT2D eigenvalue weighted by Gasteiger charge is 2.09. The lowest BCUT2D eigenvalue weighted by molar-refractivity contribution is 0.102. The number of halogens is 1. The van der Waals surface area contributed by atoms with Gasteiger partial charge in [0, 0.05) is 10.3 Å². The van der Waals surface area contributed by atoms with Crippen molar-refractivity contribution in [3.8, 4) is 0 Å². The third-order valence-corrected chi connectivity index (χ3v) is 3.38. The van der Waals surface area contributed by atoms with Crippen LogP contribution in [0, 0.1) is 5.82 Å². The number of carbonyl (C=O) groups excluding carboxylic acids is 1. The summed E-state index contributed by atoms with van der Waals surface area (Å²) in [5.74, 6) is -0.286. The number of aryl methyl sites for hydroxylation is 1. The summed E-state index contributed by atoms with van der Waals surface area (Å²) in [5.41, 5.74) is 0.620. The largest absolute Gasteiger partial charge is 0.307 e. The van der Waals surface area contributed by atoms with Crippen LogP contribution < -0.4 is 5.32 Å². The molecule has 0 bridgehead atoms. The third-order valence-electron chi connectivity index (χ3n) is 2.38. The van der Waals surface area contributed by atoms with E-state index in [0.29, 0.717) is 11.4 Å². The molecule has 0 aliphatic carbocycles. The first-order valence-electron chi connectivity index (χ1n) is 5.69. The van der Waals surface area contributed by atoms with Crippen molar-refractivity contribution in [2.45, 2.75) is 19.8 Å². The topological polar surface area (TPSA) is 42.0 Å². The molecule has 1 amide bonds. The molecule has 94 valence electrons. The van der Waals surface area contributed by atoms with Gasteiger partial charge in [-0.15, -0.1) is 11.3 Å². The lowest BCUT2D eigenvalue weighted by atomic mass is 10.2. The molecule has 0 saturated heterocycles. The smallest absolute Gasteiger partial charge is 0.257 e. The van der Waals surface area contributed by atoms with Gasteiger partial charge in [0.1, 0.15) is 11.6 Å². The fourth-order valence-corrected chi connectivity index (χ4v) is 2.49. The van der Waals surface area contributed by atoms with Gasteiger partial charge in [-0.05, 0) is 24.6 Å². The standard InChI is InChI=1S/C13H13FN2OS/c1-2-3-11-6-9(8-18-11)13(17)16-12-5-4-10(14)7-15-12/h4-8H,2-3H2,1H3,(H,15,16,17). The van der Waals surface area contributed by atoms with Gasteiger partial charge in [0.15, 0.2) is 0 Å². The van der Waals surface area contributed by atoms with Crippen molar-refractivity contribution >= 4 is 23.1 Å². The Hall–Kier alpha value is -1.75. The van der Waals surface area contributed by atoms with Crippen molar-refractivity contribution in [1.82, 2.24) is 4.98 Å². The first kappa shape index (κ1) is 12.7. The van der Waals surface area contributed by atoms with Gasteiger partial charge in [-0.25, -0.2) is 9.37 Å². The van der Waals surface area contributed by atoms with E-state index in [1.165, 1.54) is 17.0 Å². The van der Waals surface area contributed by atoms with Gasteiger partial charge in [0.05, 0.1) is 11.8 Å². The van der Waals surface area contributed by atoms with E-state index in [0.717, 1.165) is 19.0 Å². The van der Waals surface area contributed by atoms with E-state index in [4.69, 9.17) is 0 Å². The summed E-state index contributed by atoms with van der Waals surface area (Å²) >= 11 is 1.57. The molecular formula is C13H13FN2OS. The molecule has 0 aliphatic heterocycles. The Bertz CT molecular complexity index is 536. The molecule has 2 aromatic rings. The lowest BCUT2D eigenvalue weighted by Crippen LogP contribution is -2.11. The van der Waals surface area contributed by atoms with Gasteiger partial charge in [-0.1, -0.05) is 13.3 Å². The number of pyridine rings is 1. The molecule has 0 aromatic carbocycles. The number of anilines is 1. The van der Waals surface area contributed by atoms with Crippen LogP contribution in [0.5, 0.6) is 0 Å². The minimum absolute atomic E-state index is 0.215. The number of rotatable bonds is 4. The Morgan fingerprint density at radius 1 is 1.50 bits per heavy atom. The summed E-state index contributed by atoms with van der Waals surface area (Å²) in [6, 6.07) is 4.58. The number of aromatic nitrogens is 1. The number of amides is 1. The fraction of sp³-hybridized carbons (Fsp3) is 0.231. The molecule has 18 heavy (non-hydrogen) atoms. The Morgan fingerprint density at radius 3 is 3.00 bits per heavy atom. The van der Waals surface area contributed by atoms with Crippen LogP contribution in [-0.4, -0.2) is 10.9 Å². The lowest BCUT2D eigenvalue weighted by Gasteiger charge is -2.01. The summed E-state index contributed by atoms with van der Waals surface area (Å²) in [6.45, 7) is 2.10. The van der Waals surface area contributed by atoms with Crippen LogP contribution in [0.15, 0.2) is 29.8 Å². The van der Waals surface area contributed by atoms with E-state index in [1.807, 2.05) is 11.4 Å². The van der Waals surface area contributed by atoms with Crippen LogP contribution in [0.25, 0.3) is 0 Å². The highest BCUT2D eigenvalue weighted by atomic mass is 32.1. The Balaban J connectivity index is 2.04. The normalized spacial score (nSPS) is 10.3. The SMILES string of the molecule is CCCc1cc(C(=O)Nc2ccc(F)cn2)cs1. The monoisotopic (exact) mass is 264 g/mol. The number of thiophene rings is 1. The zero-order chi connectivity index (χ0) is 13.0. The van der Waals surface area contributed by atoms with Gasteiger partial charge in [-0.3, -0.25) is 4.79 Å². The second-order valence-corrected chi connectivity index (χ2v) is 4.86. The van der Waals surface area contributed by atoms with Gasteiger partial charge < -0.3 is 5.32 Å². The summed E-state index contributed by atoms with van der Waals surface area (Å²) in [4.78, 5) is 16.9. The number of nitrogens with one attached hydrogen (secondary N) is 1. The minimum Gasteiger partial charge on any atom is -0.307 e. The molecule has 3 nitrogen and oxygen atoms in total. The van der Waals surface area contributed by atoms with Crippen LogP contribution in [0.2, 0.25) is 0 Å². The first-order chi connectivity index (χ1) is 8.69. The molecule has 0 atom stereocenters. The summed E-state index contributed by atoms with van der Waals surface area (Å²) in [6.07, 6.45) is 3.11. The summed E-state index contributed by atoms with van der Waals surface area (Å²) in [7, 11) is 0. The molecule has 2 aromatic heterocycles. The van der Waals surface area contributed by atoms with E-state index in [1.54, 1.807) is 11.3 Å². The van der Waals surface area contributed by atoms with Crippen LogP contribution in [-0.2, 0) is 6.42 Å². The molecule has 0 unspecified atom stereocenters. The molecule has 2 rings (SSSR count). The van der Waals surface area contributed by atoms with Crippen LogP contribution >= 0.6 is 11.3 Å². The zero-order valence-corrected chi connectivity index (χ0v) is 10.8.